The summed E-state index contributed by atoms with van der Waals surface area (Å²) in [5.41, 5.74) is 1.69. The van der Waals surface area contributed by atoms with E-state index in [9.17, 15) is 9.59 Å². The molecule has 1 N–H and O–H groups in total. The number of carbonyl (C=O) groups is 2. The molecule has 26 heavy (non-hydrogen) atoms. The predicted octanol–water partition coefficient (Wildman–Crippen LogP) is 4.88. The molecule has 3 rings (SSSR count). The summed E-state index contributed by atoms with van der Waals surface area (Å²) in [5.74, 6) is -0.388. The zero-order valence-electron chi connectivity index (χ0n) is 14.0. The van der Waals surface area contributed by atoms with Gasteiger partial charge in [-0.15, -0.1) is 0 Å². The standard InChI is InChI=1S/C20H18Cl2N2O2/c21-15-9-7-14(17(22)13-15)8-10-19(25)23-18-6-2-1-5-16(18)20(26)24-11-3-4-12-24/h1-2,5-10,13H,3-4,11-12H2,(H,23,25). The Hall–Kier alpha value is -2.30. The van der Waals surface area contributed by atoms with Crippen molar-refractivity contribution in [2.24, 2.45) is 0 Å². The molecule has 1 aliphatic heterocycles. The molecule has 4 nitrogen and oxygen atoms in total. The van der Waals surface area contributed by atoms with Gasteiger partial charge in [0.2, 0.25) is 5.91 Å². The molecule has 0 radical (unpaired) electrons. The molecule has 2 aromatic rings. The first-order valence-corrected chi connectivity index (χ1v) is 9.12. The summed E-state index contributed by atoms with van der Waals surface area (Å²) in [7, 11) is 0. The number of nitrogens with zero attached hydrogens (tertiary/aromatic N) is 1. The predicted molar refractivity (Wildman–Crippen MR) is 106 cm³/mol. The van der Waals surface area contributed by atoms with Gasteiger partial charge in [-0.2, -0.15) is 0 Å². The Balaban J connectivity index is 1.73. The SMILES string of the molecule is O=C(C=Cc1ccc(Cl)cc1Cl)Nc1ccccc1C(=O)N1CCCC1. The van der Waals surface area contributed by atoms with Crippen molar-refractivity contribution in [3.05, 3.63) is 69.7 Å². The summed E-state index contributed by atoms with van der Waals surface area (Å²) < 4.78 is 0. The van der Waals surface area contributed by atoms with Crippen molar-refractivity contribution in [2.75, 3.05) is 18.4 Å². The highest BCUT2D eigenvalue weighted by Crippen LogP contribution is 2.23. The van der Waals surface area contributed by atoms with E-state index in [4.69, 9.17) is 23.2 Å². The smallest absolute Gasteiger partial charge is 0.255 e. The second-order valence-electron chi connectivity index (χ2n) is 6.03. The number of nitrogens with one attached hydrogen (secondary N) is 1. The minimum atomic E-state index is -0.335. The Labute approximate surface area is 162 Å². The molecule has 0 unspecified atom stereocenters. The number of para-hydroxylation sites is 1. The number of anilines is 1. The number of hydrogen-bond donors (Lipinski definition) is 1. The van der Waals surface area contributed by atoms with Crippen LogP contribution in [0.1, 0.15) is 28.8 Å². The summed E-state index contributed by atoms with van der Waals surface area (Å²) in [4.78, 5) is 26.7. The maximum Gasteiger partial charge on any atom is 0.255 e. The molecular formula is C20H18Cl2N2O2. The van der Waals surface area contributed by atoms with Crippen molar-refractivity contribution >= 4 is 46.8 Å². The van der Waals surface area contributed by atoms with Gasteiger partial charge in [-0.05, 0) is 48.7 Å². The molecule has 1 aliphatic rings. The van der Waals surface area contributed by atoms with Gasteiger partial charge in [0.25, 0.3) is 5.91 Å². The molecule has 0 saturated carbocycles. The van der Waals surface area contributed by atoms with Crippen LogP contribution in [0.4, 0.5) is 5.69 Å². The molecule has 0 atom stereocenters. The molecule has 0 spiro atoms. The van der Waals surface area contributed by atoms with Crippen LogP contribution < -0.4 is 5.32 Å². The minimum Gasteiger partial charge on any atom is -0.339 e. The van der Waals surface area contributed by atoms with Crippen LogP contribution in [0.15, 0.2) is 48.5 Å². The van der Waals surface area contributed by atoms with Gasteiger partial charge in [0, 0.05) is 29.2 Å². The number of likely N-dealkylation sites (tertiary alicyclic amines) is 1. The van der Waals surface area contributed by atoms with Gasteiger partial charge in [0.1, 0.15) is 0 Å². The van der Waals surface area contributed by atoms with Gasteiger partial charge in [-0.1, -0.05) is 41.4 Å². The first-order chi connectivity index (χ1) is 12.5. The fourth-order valence-corrected chi connectivity index (χ4v) is 3.32. The first kappa shape index (κ1) is 18.5. The van der Waals surface area contributed by atoms with E-state index in [0.717, 1.165) is 25.9 Å². The van der Waals surface area contributed by atoms with E-state index in [1.807, 2.05) is 4.90 Å². The van der Waals surface area contributed by atoms with Crippen LogP contribution in [-0.2, 0) is 4.79 Å². The van der Waals surface area contributed by atoms with Gasteiger partial charge in [-0.3, -0.25) is 9.59 Å². The van der Waals surface area contributed by atoms with Crippen LogP contribution in [0.2, 0.25) is 10.0 Å². The van der Waals surface area contributed by atoms with Gasteiger partial charge < -0.3 is 10.2 Å². The molecule has 1 heterocycles. The second kappa shape index (κ2) is 8.39. The van der Waals surface area contributed by atoms with E-state index in [1.54, 1.807) is 48.5 Å². The summed E-state index contributed by atoms with van der Waals surface area (Å²) >= 11 is 12.0. The summed E-state index contributed by atoms with van der Waals surface area (Å²) in [6.45, 7) is 1.52. The molecule has 2 aromatic carbocycles. The van der Waals surface area contributed by atoms with Crippen LogP contribution >= 0.6 is 23.2 Å². The van der Waals surface area contributed by atoms with Crippen molar-refractivity contribution in [2.45, 2.75) is 12.8 Å². The third kappa shape index (κ3) is 4.45. The Morgan fingerprint density at radius 3 is 2.50 bits per heavy atom. The van der Waals surface area contributed by atoms with Crippen LogP contribution in [-0.4, -0.2) is 29.8 Å². The molecule has 0 bridgehead atoms. The normalized spacial score (nSPS) is 14.0. The van der Waals surface area contributed by atoms with Crippen molar-refractivity contribution < 1.29 is 9.59 Å². The highest BCUT2D eigenvalue weighted by atomic mass is 35.5. The highest BCUT2D eigenvalue weighted by molar-refractivity contribution is 6.35. The lowest BCUT2D eigenvalue weighted by Gasteiger charge is -2.17. The summed E-state index contributed by atoms with van der Waals surface area (Å²) in [6, 6.07) is 12.1. The topological polar surface area (TPSA) is 49.4 Å². The van der Waals surface area contributed by atoms with E-state index in [-0.39, 0.29) is 11.8 Å². The fourth-order valence-electron chi connectivity index (χ4n) is 2.85. The number of halogens is 2. The first-order valence-electron chi connectivity index (χ1n) is 8.37. The van der Waals surface area contributed by atoms with E-state index in [1.165, 1.54) is 6.08 Å². The maximum absolute atomic E-state index is 12.6. The third-order valence-electron chi connectivity index (χ3n) is 4.19. The van der Waals surface area contributed by atoms with Crippen molar-refractivity contribution in [1.29, 1.82) is 0 Å². The lowest BCUT2D eigenvalue weighted by atomic mass is 10.1. The number of amides is 2. The van der Waals surface area contributed by atoms with E-state index in [2.05, 4.69) is 5.32 Å². The monoisotopic (exact) mass is 388 g/mol. The van der Waals surface area contributed by atoms with E-state index < -0.39 is 0 Å². The number of carbonyl (C=O) groups excluding carboxylic acids is 2. The molecule has 1 saturated heterocycles. The highest BCUT2D eigenvalue weighted by Gasteiger charge is 2.21. The van der Waals surface area contributed by atoms with E-state index in [0.29, 0.717) is 26.9 Å². The number of rotatable bonds is 4. The second-order valence-corrected chi connectivity index (χ2v) is 6.88. The summed E-state index contributed by atoms with van der Waals surface area (Å²) in [6.07, 6.45) is 5.03. The lowest BCUT2D eigenvalue weighted by molar-refractivity contribution is -0.111. The molecule has 6 heteroatoms. The molecule has 2 amide bonds. The fraction of sp³-hybridized carbons (Fsp3) is 0.200. The van der Waals surface area contributed by atoms with Crippen LogP contribution in [0.5, 0.6) is 0 Å². The van der Waals surface area contributed by atoms with Crippen LogP contribution in [0, 0.1) is 0 Å². The van der Waals surface area contributed by atoms with Gasteiger partial charge in [-0.25, -0.2) is 0 Å². The minimum absolute atomic E-state index is 0.0527. The van der Waals surface area contributed by atoms with Gasteiger partial charge in [0.15, 0.2) is 0 Å². The average molecular weight is 389 g/mol. The largest absolute Gasteiger partial charge is 0.339 e. The van der Waals surface area contributed by atoms with Gasteiger partial charge in [0.05, 0.1) is 11.3 Å². The van der Waals surface area contributed by atoms with Crippen molar-refractivity contribution in [1.82, 2.24) is 4.90 Å². The Morgan fingerprint density at radius 2 is 1.77 bits per heavy atom. The number of benzene rings is 2. The van der Waals surface area contributed by atoms with Crippen LogP contribution in [0.3, 0.4) is 0 Å². The van der Waals surface area contributed by atoms with Gasteiger partial charge >= 0.3 is 0 Å². The third-order valence-corrected chi connectivity index (χ3v) is 4.75. The molecule has 0 aliphatic carbocycles. The zero-order valence-corrected chi connectivity index (χ0v) is 15.6. The lowest BCUT2D eigenvalue weighted by Crippen LogP contribution is -2.28. The maximum atomic E-state index is 12.6. The Kier molecular flexibility index (Phi) is 5.96. The van der Waals surface area contributed by atoms with Crippen molar-refractivity contribution in [3.8, 4) is 0 Å². The van der Waals surface area contributed by atoms with Crippen molar-refractivity contribution in [3.63, 3.8) is 0 Å². The summed E-state index contributed by atoms with van der Waals surface area (Å²) in [5, 5.41) is 3.77. The molecule has 1 fully saturated rings. The zero-order chi connectivity index (χ0) is 18.5. The Bertz CT molecular complexity index is 859. The van der Waals surface area contributed by atoms with Crippen LogP contribution in [0.25, 0.3) is 6.08 Å². The number of hydrogen-bond acceptors (Lipinski definition) is 2. The Morgan fingerprint density at radius 1 is 1.04 bits per heavy atom. The molecular weight excluding hydrogens is 371 g/mol. The van der Waals surface area contributed by atoms with E-state index >= 15 is 0 Å². The average Bonchev–Trinajstić information content (AvgIpc) is 3.15. The molecule has 0 aromatic heterocycles. The quantitative estimate of drug-likeness (QED) is 0.758. The molecule has 134 valence electrons.